The van der Waals surface area contributed by atoms with Gasteiger partial charge in [-0.3, -0.25) is 9.69 Å². The molecule has 28 heavy (non-hydrogen) atoms. The molecule has 0 saturated heterocycles. The molecule has 0 fully saturated rings. The van der Waals surface area contributed by atoms with E-state index in [4.69, 9.17) is 9.47 Å². The molecule has 3 rings (SSSR count). The number of hydrogen-bond acceptors (Lipinski definition) is 4. The normalized spacial score (nSPS) is 14.8. The fraction of sp³-hybridized carbons (Fsp3) is 0.435. The van der Waals surface area contributed by atoms with E-state index in [2.05, 4.69) is 41.4 Å². The molecule has 0 bridgehead atoms. The van der Waals surface area contributed by atoms with Gasteiger partial charge in [0.05, 0.1) is 13.7 Å². The van der Waals surface area contributed by atoms with Crippen molar-refractivity contribution in [1.29, 1.82) is 0 Å². The fourth-order valence-electron chi connectivity index (χ4n) is 3.76. The van der Waals surface area contributed by atoms with Crippen LogP contribution >= 0.6 is 0 Å². The van der Waals surface area contributed by atoms with Gasteiger partial charge in [-0.05, 0) is 49.1 Å². The summed E-state index contributed by atoms with van der Waals surface area (Å²) >= 11 is 0. The minimum atomic E-state index is -0.0838. The van der Waals surface area contributed by atoms with Gasteiger partial charge in [0.1, 0.15) is 0 Å². The van der Waals surface area contributed by atoms with Crippen LogP contribution in [0, 0.1) is 0 Å². The summed E-state index contributed by atoms with van der Waals surface area (Å²) in [5.41, 5.74) is 3.43. The average molecular weight is 383 g/mol. The number of hydrogen-bond donors (Lipinski definition) is 1. The van der Waals surface area contributed by atoms with Crippen LogP contribution < -0.4 is 14.8 Å². The standard InChI is InChI=1S/C23H30N2O3/c1-4-20(25-13-12-17-8-6-7-9-19(17)16-25)15-24-23(26)18-10-11-21(27-3)22(14-18)28-5-2/h6-11,14,20H,4-5,12-13,15-16H2,1-3H3,(H,24,26). The minimum absolute atomic E-state index is 0.0838. The van der Waals surface area contributed by atoms with Crippen LogP contribution in [0.2, 0.25) is 0 Å². The van der Waals surface area contributed by atoms with E-state index in [1.807, 2.05) is 6.92 Å². The van der Waals surface area contributed by atoms with E-state index < -0.39 is 0 Å². The van der Waals surface area contributed by atoms with E-state index >= 15 is 0 Å². The number of fused-ring (bicyclic) bond motifs is 1. The Morgan fingerprint density at radius 2 is 1.93 bits per heavy atom. The summed E-state index contributed by atoms with van der Waals surface area (Å²) in [4.78, 5) is 15.2. The quantitative estimate of drug-likeness (QED) is 0.757. The van der Waals surface area contributed by atoms with Crippen molar-refractivity contribution in [3.05, 3.63) is 59.2 Å². The second-order valence-electron chi connectivity index (χ2n) is 7.06. The van der Waals surface area contributed by atoms with Crippen LogP contribution in [-0.2, 0) is 13.0 Å². The van der Waals surface area contributed by atoms with Crippen molar-refractivity contribution >= 4 is 5.91 Å². The highest BCUT2D eigenvalue weighted by Crippen LogP contribution is 2.28. The van der Waals surface area contributed by atoms with Gasteiger partial charge < -0.3 is 14.8 Å². The van der Waals surface area contributed by atoms with Gasteiger partial charge in [0, 0.05) is 31.2 Å². The van der Waals surface area contributed by atoms with Crippen molar-refractivity contribution in [2.45, 2.75) is 39.3 Å². The van der Waals surface area contributed by atoms with Crippen molar-refractivity contribution in [1.82, 2.24) is 10.2 Å². The number of amides is 1. The van der Waals surface area contributed by atoms with Gasteiger partial charge in [0.2, 0.25) is 0 Å². The number of nitrogens with zero attached hydrogens (tertiary/aromatic N) is 1. The zero-order valence-corrected chi connectivity index (χ0v) is 17.0. The topological polar surface area (TPSA) is 50.8 Å². The van der Waals surface area contributed by atoms with Crippen LogP contribution in [0.15, 0.2) is 42.5 Å². The van der Waals surface area contributed by atoms with E-state index in [0.717, 1.165) is 25.9 Å². The van der Waals surface area contributed by atoms with Gasteiger partial charge in [-0.2, -0.15) is 0 Å². The third-order valence-corrected chi connectivity index (χ3v) is 5.37. The molecule has 5 heteroatoms. The molecule has 1 aliphatic heterocycles. The number of benzene rings is 2. The SMILES string of the molecule is CCOc1cc(C(=O)NCC(CC)N2CCc3ccccc3C2)ccc1OC. The van der Waals surface area contributed by atoms with Crippen molar-refractivity contribution in [3.63, 3.8) is 0 Å². The molecule has 1 N–H and O–H groups in total. The monoisotopic (exact) mass is 382 g/mol. The average Bonchev–Trinajstić information content (AvgIpc) is 2.74. The first kappa shape index (κ1) is 20.2. The van der Waals surface area contributed by atoms with Crippen molar-refractivity contribution in [2.75, 3.05) is 26.8 Å². The number of rotatable bonds is 8. The number of methoxy groups -OCH3 is 1. The predicted molar refractivity (Wildman–Crippen MR) is 111 cm³/mol. The lowest BCUT2D eigenvalue weighted by Crippen LogP contribution is -2.45. The third kappa shape index (κ3) is 4.65. The first-order chi connectivity index (χ1) is 13.7. The highest BCUT2D eigenvalue weighted by Gasteiger charge is 2.23. The molecule has 1 unspecified atom stereocenters. The molecule has 0 aliphatic carbocycles. The lowest BCUT2D eigenvalue weighted by Gasteiger charge is -2.35. The lowest BCUT2D eigenvalue weighted by molar-refractivity contribution is 0.0925. The molecule has 1 aliphatic rings. The molecule has 2 aromatic carbocycles. The highest BCUT2D eigenvalue weighted by atomic mass is 16.5. The van der Waals surface area contributed by atoms with Crippen LogP contribution in [0.4, 0.5) is 0 Å². The second kappa shape index (κ2) is 9.60. The Hall–Kier alpha value is -2.53. The molecule has 1 heterocycles. The van der Waals surface area contributed by atoms with Crippen molar-refractivity contribution in [3.8, 4) is 11.5 Å². The zero-order chi connectivity index (χ0) is 19.9. The van der Waals surface area contributed by atoms with Crippen LogP contribution in [-0.4, -0.2) is 43.7 Å². The zero-order valence-electron chi connectivity index (χ0n) is 17.0. The Bertz CT molecular complexity index is 806. The van der Waals surface area contributed by atoms with Crippen molar-refractivity contribution < 1.29 is 14.3 Å². The molecule has 5 nitrogen and oxygen atoms in total. The summed E-state index contributed by atoms with van der Waals surface area (Å²) in [7, 11) is 1.60. The van der Waals surface area contributed by atoms with Gasteiger partial charge in [0.25, 0.3) is 5.91 Å². The Kier molecular flexibility index (Phi) is 6.93. The summed E-state index contributed by atoms with van der Waals surface area (Å²) in [6.45, 7) is 7.22. The fourth-order valence-corrected chi connectivity index (χ4v) is 3.76. The summed E-state index contributed by atoms with van der Waals surface area (Å²) in [6, 6.07) is 14.3. The largest absolute Gasteiger partial charge is 0.493 e. The smallest absolute Gasteiger partial charge is 0.251 e. The van der Waals surface area contributed by atoms with Gasteiger partial charge in [0.15, 0.2) is 11.5 Å². The van der Waals surface area contributed by atoms with E-state index in [-0.39, 0.29) is 5.91 Å². The van der Waals surface area contributed by atoms with Crippen LogP contribution in [0.3, 0.4) is 0 Å². The van der Waals surface area contributed by atoms with Gasteiger partial charge in [-0.25, -0.2) is 0 Å². The maximum Gasteiger partial charge on any atom is 0.251 e. The van der Waals surface area contributed by atoms with E-state index in [1.54, 1.807) is 25.3 Å². The molecule has 1 atom stereocenters. The molecule has 0 aromatic heterocycles. The molecule has 0 spiro atoms. The van der Waals surface area contributed by atoms with E-state index in [1.165, 1.54) is 11.1 Å². The molecule has 1 amide bonds. The lowest BCUT2D eigenvalue weighted by atomic mass is 9.98. The number of carbonyl (C=O) groups is 1. The molecule has 2 aromatic rings. The maximum absolute atomic E-state index is 12.7. The Morgan fingerprint density at radius 3 is 2.64 bits per heavy atom. The summed E-state index contributed by atoms with van der Waals surface area (Å²) in [5, 5.41) is 3.10. The molecule has 150 valence electrons. The number of nitrogens with one attached hydrogen (secondary N) is 1. The van der Waals surface area contributed by atoms with Crippen LogP contribution in [0.25, 0.3) is 0 Å². The first-order valence-corrected chi connectivity index (χ1v) is 10.1. The minimum Gasteiger partial charge on any atom is -0.493 e. The van der Waals surface area contributed by atoms with Gasteiger partial charge in [-0.1, -0.05) is 31.2 Å². The van der Waals surface area contributed by atoms with Crippen LogP contribution in [0.1, 0.15) is 41.8 Å². The Balaban J connectivity index is 1.62. The molecular formula is C23H30N2O3. The summed E-state index contributed by atoms with van der Waals surface area (Å²) in [5.74, 6) is 1.15. The molecular weight excluding hydrogens is 352 g/mol. The highest BCUT2D eigenvalue weighted by molar-refractivity contribution is 5.94. The van der Waals surface area contributed by atoms with Crippen molar-refractivity contribution in [2.24, 2.45) is 0 Å². The second-order valence-corrected chi connectivity index (χ2v) is 7.06. The molecule has 0 saturated carbocycles. The summed E-state index contributed by atoms with van der Waals surface area (Å²) < 4.78 is 10.9. The van der Waals surface area contributed by atoms with E-state index in [0.29, 0.717) is 36.3 Å². The van der Waals surface area contributed by atoms with Gasteiger partial charge in [-0.15, -0.1) is 0 Å². The first-order valence-electron chi connectivity index (χ1n) is 10.1. The molecule has 0 radical (unpaired) electrons. The van der Waals surface area contributed by atoms with Gasteiger partial charge >= 0.3 is 0 Å². The number of carbonyl (C=O) groups excluding carboxylic acids is 1. The van der Waals surface area contributed by atoms with E-state index in [9.17, 15) is 4.79 Å². The maximum atomic E-state index is 12.7. The summed E-state index contributed by atoms with van der Waals surface area (Å²) in [6.07, 6.45) is 2.06. The Morgan fingerprint density at radius 1 is 1.14 bits per heavy atom. The number of ether oxygens (including phenoxy) is 2. The van der Waals surface area contributed by atoms with Crippen LogP contribution in [0.5, 0.6) is 11.5 Å². The third-order valence-electron chi connectivity index (χ3n) is 5.37. The predicted octanol–water partition coefficient (Wildman–Crippen LogP) is 3.66. The Labute approximate surface area is 167 Å².